The van der Waals surface area contributed by atoms with Crippen molar-refractivity contribution in [3.05, 3.63) is 77.9 Å². The fourth-order valence-electron chi connectivity index (χ4n) is 3.71. The van der Waals surface area contributed by atoms with Crippen molar-refractivity contribution < 1.29 is 32.2 Å². The Labute approximate surface area is 223 Å². The molecule has 1 amide bonds. The lowest BCUT2D eigenvalue weighted by Crippen LogP contribution is -2.38. The van der Waals surface area contributed by atoms with Gasteiger partial charge in [-0.1, -0.05) is 18.2 Å². The normalized spacial score (nSPS) is 10.9. The summed E-state index contributed by atoms with van der Waals surface area (Å²) in [5, 5.41) is 2.73. The third-order valence-corrected chi connectivity index (χ3v) is 7.30. The van der Waals surface area contributed by atoms with Crippen LogP contribution in [0.4, 0.5) is 11.4 Å². The molecule has 9 nitrogen and oxygen atoms in total. The Morgan fingerprint density at radius 3 is 2.21 bits per heavy atom. The topological polar surface area (TPSA) is 111 Å². The third-order valence-electron chi connectivity index (χ3n) is 5.50. The summed E-state index contributed by atoms with van der Waals surface area (Å²) >= 11 is 0. The zero-order valence-electron chi connectivity index (χ0n) is 21.9. The summed E-state index contributed by atoms with van der Waals surface area (Å²) in [5.74, 6) is -0.141. The second kappa shape index (κ2) is 13.0. The summed E-state index contributed by atoms with van der Waals surface area (Å²) in [6, 6.07) is 18.0. The number of rotatable bonds is 12. The summed E-state index contributed by atoms with van der Waals surface area (Å²) in [7, 11) is -2.81. The van der Waals surface area contributed by atoms with Crippen molar-refractivity contribution in [2.45, 2.75) is 32.1 Å². The number of hydrogen-bond donors (Lipinski definition) is 1. The van der Waals surface area contributed by atoms with Gasteiger partial charge in [-0.3, -0.25) is 13.9 Å². The van der Waals surface area contributed by atoms with Crippen LogP contribution in [0, 0.1) is 6.92 Å². The molecule has 0 aliphatic carbocycles. The number of hydrogen-bond acceptors (Lipinski definition) is 7. The highest BCUT2D eigenvalue weighted by Gasteiger charge is 2.30. The van der Waals surface area contributed by atoms with E-state index in [0.29, 0.717) is 24.7 Å². The first-order chi connectivity index (χ1) is 18.2. The summed E-state index contributed by atoms with van der Waals surface area (Å²) in [6.07, 6.45) is 0.115. The van der Waals surface area contributed by atoms with Gasteiger partial charge in [-0.2, -0.15) is 0 Å². The number of benzene rings is 3. The monoisotopic (exact) mass is 540 g/mol. The van der Waals surface area contributed by atoms with Crippen LogP contribution in [-0.4, -0.2) is 47.2 Å². The van der Waals surface area contributed by atoms with Gasteiger partial charge in [0.05, 0.1) is 32.4 Å². The lowest BCUT2D eigenvalue weighted by molar-refractivity contribution is -0.142. The van der Waals surface area contributed by atoms with E-state index in [1.807, 2.05) is 6.92 Å². The molecule has 0 bridgehead atoms. The molecule has 3 aromatic carbocycles. The van der Waals surface area contributed by atoms with Crippen LogP contribution < -0.4 is 19.1 Å². The first kappa shape index (κ1) is 28.5. The third kappa shape index (κ3) is 7.25. The SMILES string of the molecule is CCOC(=O)Cc1ccc(NC(=O)CN(c2ccc(OCC)cc2)S(=O)(=O)c2cc(C)ccc2OC)cc1. The van der Waals surface area contributed by atoms with E-state index in [0.717, 1.165) is 15.4 Å². The van der Waals surface area contributed by atoms with Crippen LogP contribution in [0.5, 0.6) is 11.5 Å². The molecule has 3 aromatic rings. The maximum Gasteiger partial charge on any atom is 0.310 e. The number of nitrogens with zero attached hydrogens (tertiary/aromatic N) is 1. The fraction of sp³-hybridized carbons (Fsp3) is 0.286. The highest BCUT2D eigenvalue weighted by Crippen LogP contribution is 2.31. The minimum absolute atomic E-state index is 0.0509. The van der Waals surface area contributed by atoms with Crippen molar-refractivity contribution >= 4 is 33.3 Å². The molecule has 0 unspecified atom stereocenters. The van der Waals surface area contributed by atoms with Crippen molar-refractivity contribution in [2.24, 2.45) is 0 Å². The van der Waals surface area contributed by atoms with Crippen molar-refractivity contribution in [1.29, 1.82) is 0 Å². The quantitative estimate of drug-likeness (QED) is 0.340. The molecule has 0 heterocycles. The minimum Gasteiger partial charge on any atom is -0.495 e. The Balaban J connectivity index is 1.88. The van der Waals surface area contributed by atoms with E-state index in [1.165, 1.54) is 13.2 Å². The van der Waals surface area contributed by atoms with Gasteiger partial charge in [-0.05, 0) is 80.4 Å². The maximum atomic E-state index is 13.9. The molecule has 0 spiro atoms. The van der Waals surface area contributed by atoms with Crippen LogP contribution in [-0.2, 0) is 30.8 Å². The Hall–Kier alpha value is -4.05. The number of methoxy groups -OCH3 is 1. The molecule has 0 saturated carbocycles. The van der Waals surface area contributed by atoms with Gasteiger partial charge in [0.25, 0.3) is 10.0 Å². The zero-order valence-corrected chi connectivity index (χ0v) is 22.7. The molecule has 0 aromatic heterocycles. The van der Waals surface area contributed by atoms with E-state index in [4.69, 9.17) is 14.2 Å². The molecule has 0 fully saturated rings. The Morgan fingerprint density at radius 1 is 0.921 bits per heavy atom. The first-order valence-electron chi connectivity index (χ1n) is 12.1. The molecule has 0 aliphatic heterocycles. The van der Waals surface area contributed by atoms with Crippen molar-refractivity contribution in [1.82, 2.24) is 0 Å². The number of anilines is 2. The van der Waals surface area contributed by atoms with E-state index in [-0.39, 0.29) is 28.7 Å². The molecule has 0 aliphatic rings. The van der Waals surface area contributed by atoms with Crippen LogP contribution in [0.1, 0.15) is 25.0 Å². The van der Waals surface area contributed by atoms with Gasteiger partial charge < -0.3 is 19.5 Å². The number of nitrogens with one attached hydrogen (secondary N) is 1. The smallest absolute Gasteiger partial charge is 0.310 e. The van der Waals surface area contributed by atoms with Crippen molar-refractivity contribution in [2.75, 3.05) is 36.5 Å². The molecule has 1 N–H and O–H groups in total. The number of amides is 1. The predicted octanol–water partition coefficient (Wildman–Crippen LogP) is 4.34. The van der Waals surface area contributed by atoms with E-state index >= 15 is 0 Å². The van der Waals surface area contributed by atoms with E-state index in [2.05, 4.69) is 5.32 Å². The van der Waals surface area contributed by atoms with Crippen LogP contribution in [0.15, 0.2) is 71.6 Å². The highest BCUT2D eigenvalue weighted by atomic mass is 32.2. The second-order valence-electron chi connectivity index (χ2n) is 8.32. The van der Waals surface area contributed by atoms with Gasteiger partial charge in [0, 0.05) is 5.69 Å². The van der Waals surface area contributed by atoms with E-state index in [9.17, 15) is 18.0 Å². The highest BCUT2D eigenvalue weighted by molar-refractivity contribution is 7.93. The van der Waals surface area contributed by atoms with Crippen molar-refractivity contribution in [3.8, 4) is 11.5 Å². The summed E-state index contributed by atoms with van der Waals surface area (Å²) in [6.45, 7) is 5.64. The van der Waals surface area contributed by atoms with Crippen LogP contribution in [0.3, 0.4) is 0 Å². The number of esters is 1. The Bertz CT molecular complexity index is 1350. The van der Waals surface area contributed by atoms with Gasteiger partial charge in [0.15, 0.2) is 0 Å². The molecule has 0 saturated heterocycles. The number of sulfonamides is 1. The Morgan fingerprint density at radius 2 is 1.61 bits per heavy atom. The lowest BCUT2D eigenvalue weighted by Gasteiger charge is -2.25. The summed E-state index contributed by atoms with van der Waals surface area (Å²) in [5.41, 5.74) is 2.20. The Kier molecular flexibility index (Phi) is 9.72. The van der Waals surface area contributed by atoms with E-state index in [1.54, 1.807) is 74.5 Å². The molecule has 0 radical (unpaired) electrons. The molecule has 10 heteroatoms. The maximum absolute atomic E-state index is 13.9. The molecule has 0 atom stereocenters. The van der Waals surface area contributed by atoms with Gasteiger partial charge in [-0.15, -0.1) is 0 Å². The van der Waals surface area contributed by atoms with Gasteiger partial charge in [0.2, 0.25) is 5.91 Å². The summed E-state index contributed by atoms with van der Waals surface area (Å²) in [4.78, 5) is 24.7. The zero-order chi connectivity index (χ0) is 27.7. The average Bonchev–Trinajstić information content (AvgIpc) is 2.89. The number of carbonyl (C=O) groups excluding carboxylic acids is 2. The first-order valence-corrected chi connectivity index (χ1v) is 13.6. The minimum atomic E-state index is -4.20. The molecular formula is C28H32N2O7S. The van der Waals surface area contributed by atoms with E-state index < -0.39 is 22.5 Å². The van der Waals surface area contributed by atoms with Crippen LogP contribution in [0.25, 0.3) is 0 Å². The largest absolute Gasteiger partial charge is 0.495 e. The second-order valence-corrected chi connectivity index (χ2v) is 10.2. The van der Waals surface area contributed by atoms with Gasteiger partial charge in [0.1, 0.15) is 22.9 Å². The fourth-order valence-corrected chi connectivity index (χ4v) is 5.37. The molecule has 202 valence electrons. The average molecular weight is 541 g/mol. The molecule has 3 rings (SSSR count). The number of aryl methyl sites for hydroxylation is 1. The predicted molar refractivity (Wildman–Crippen MR) is 145 cm³/mol. The summed E-state index contributed by atoms with van der Waals surface area (Å²) < 4.78 is 44.5. The van der Waals surface area contributed by atoms with Crippen LogP contribution >= 0.6 is 0 Å². The number of carbonyl (C=O) groups is 2. The van der Waals surface area contributed by atoms with Crippen LogP contribution in [0.2, 0.25) is 0 Å². The molecular weight excluding hydrogens is 508 g/mol. The van der Waals surface area contributed by atoms with Gasteiger partial charge >= 0.3 is 5.97 Å². The van der Waals surface area contributed by atoms with Crippen molar-refractivity contribution in [3.63, 3.8) is 0 Å². The lowest BCUT2D eigenvalue weighted by atomic mass is 10.1. The molecule has 38 heavy (non-hydrogen) atoms. The van der Waals surface area contributed by atoms with Gasteiger partial charge in [-0.25, -0.2) is 8.42 Å². The standard InChI is InChI=1S/C28H32N2O7S/c1-5-36-24-14-12-23(13-15-24)30(38(33,34)26-17-20(3)7-16-25(26)35-4)19-27(31)29-22-10-8-21(9-11-22)18-28(32)37-6-2/h7-17H,5-6,18-19H2,1-4H3,(H,29,31). The number of ether oxygens (including phenoxy) is 3.